The number of phenolic OH excluding ortho intramolecular Hbond substituents is 4. The van der Waals surface area contributed by atoms with Crippen LogP contribution in [0.3, 0.4) is 0 Å². The smallest absolute Gasteiger partial charge is 0.507 e. The molecule has 0 aliphatic rings. The number of benzene rings is 8. The number of hydrogen-bond donors (Lipinski definition) is 10. The largest absolute Gasteiger partial charge is 1.00 e. The Labute approximate surface area is 661 Å². The summed E-state index contributed by atoms with van der Waals surface area (Å²) in [5.41, 5.74) is 15.1. The third-order valence-corrected chi connectivity index (χ3v) is 18.7. The Bertz CT molecular complexity index is 3720. The molecule has 0 aliphatic heterocycles. The van der Waals surface area contributed by atoms with Crippen LogP contribution in [0.1, 0.15) is 201 Å². The first kappa shape index (κ1) is 91.8. The Morgan fingerprint density at radius 3 is 0.636 bits per heavy atom. The molecule has 0 fully saturated rings. The molecular formula is C88H122Cu2N8O8S+6. The van der Waals surface area contributed by atoms with Crippen molar-refractivity contribution >= 4 is 58.0 Å². The van der Waals surface area contributed by atoms with Gasteiger partial charge in [-0.3, -0.25) is 29.1 Å². The molecule has 0 aliphatic carbocycles. The number of unbranched alkanes of at least 4 members (excludes halogenated alkanes) is 6. The molecule has 107 heavy (non-hydrogen) atoms. The van der Waals surface area contributed by atoms with Crippen LogP contribution in [0.25, 0.3) is 0 Å². The second-order valence-corrected chi connectivity index (χ2v) is 33.4. The van der Waals surface area contributed by atoms with Crippen molar-refractivity contribution in [2.75, 3.05) is 54.4 Å². The van der Waals surface area contributed by atoms with Crippen LogP contribution in [0.15, 0.2) is 190 Å². The molecular weight excluding hydrogens is 1460 g/mol. The Kier molecular flexibility index (Phi) is 37.3. The van der Waals surface area contributed by atoms with Crippen molar-refractivity contribution in [2.45, 2.75) is 182 Å². The molecule has 4 atom stereocenters. The molecule has 16 nitrogen and oxygen atoms in total. The average molecular weight is 1580 g/mol. The summed E-state index contributed by atoms with van der Waals surface area (Å²) < 4.78 is 31.6. The number of para-hydroxylation sites is 4. The second-order valence-electron chi connectivity index (χ2n) is 32.5. The van der Waals surface area contributed by atoms with Crippen LogP contribution in [-0.2, 0) is 92.4 Å². The summed E-state index contributed by atoms with van der Waals surface area (Å²) in [7, 11) is 4.21. The molecule has 0 heterocycles. The van der Waals surface area contributed by atoms with Gasteiger partial charge < -0.3 is 40.0 Å². The number of nitrogens with zero attached hydrogens (tertiary/aromatic N) is 4. The number of phenols is 4. The minimum Gasteiger partial charge on any atom is -0.507 e. The first-order valence-electron chi connectivity index (χ1n) is 37.2. The summed E-state index contributed by atoms with van der Waals surface area (Å²) in [4.78, 5) is 24.0. The Hall–Kier alpha value is -7.61. The van der Waals surface area contributed by atoms with Crippen LogP contribution in [-0.4, -0.2) is 117 Å². The summed E-state index contributed by atoms with van der Waals surface area (Å²) in [6, 6.07) is 56.4. The normalized spacial score (nSPS) is 13.3. The number of quaternary nitrogens is 4. The van der Waals surface area contributed by atoms with Crippen molar-refractivity contribution in [3.63, 3.8) is 0 Å². The zero-order valence-electron chi connectivity index (χ0n) is 66.1. The van der Waals surface area contributed by atoms with E-state index in [2.05, 4.69) is 180 Å². The maximum Gasteiger partial charge on any atom is 1.00 e. The molecule has 0 radical (unpaired) electrons. The molecule has 0 saturated heterocycles. The Morgan fingerprint density at radius 2 is 0.477 bits per heavy atom. The molecule has 10 N–H and O–H groups in total. The molecule has 4 unspecified atom stereocenters. The minimum atomic E-state index is -4.67. The predicted molar refractivity (Wildman–Crippen MR) is 435 cm³/mol. The van der Waals surface area contributed by atoms with E-state index in [0.717, 1.165) is 145 Å². The van der Waals surface area contributed by atoms with Gasteiger partial charge in [-0.05, 0) is 192 Å². The number of rotatable bonds is 30. The van der Waals surface area contributed by atoms with Crippen molar-refractivity contribution < 1.29 is 91.7 Å². The van der Waals surface area contributed by atoms with Crippen LogP contribution in [0, 0.1) is 0 Å². The van der Waals surface area contributed by atoms with Crippen LogP contribution in [0.5, 0.6) is 23.0 Å². The van der Waals surface area contributed by atoms with E-state index in [0.29, 0.717) is 23.0 Å². The fraction of sp³-hybridized carbons (Fsp3) is 0.409. The van der Waals surface area contributed by atoms with Crippen molar-refractivity contribution in [3.05, 3.63) is 237 Å². The monoisotopic (exact) mass is 1580 g/mol. The van der Waals surface area contributed by atoms with E-state index in [4.69, 9.17) is 17.5 Å². The van der Waals surface area contributed by atoms with Gasteiger partial charge in [-0.2, -0.15) is 8.42 Å². The van der Waals surface area contributed by atoms with Crippen molar-refractivity contribution in [1.82, 2.24) is 0 Å². The summed E-state index contributed by atoms with van der Waals surface area (Å²) in [5.74, 6) is 1.32. The van der Waals surface area contributed by atoms with Crippen LogP contribution >= 0.6 is 0 Å². The van der Waals surface area contributed by atoms with Gasteiger partial charge in [0.25, 0.3) is 0 Å². The molecule has 8 aromatic rings. The quantitative estimate of drug-likeness (QED) is 0.00901. The standard InChI is InChI=1S/2C44H58N4O2.2Cu.H2O4S/c2*1-43(2,3)37-25-33(29-45-39-19-13-11-14-20-39)41(49)35(27-37)31-47(7)23-17-9-10-18-24-48(8)32-36-28-38(44(4,5)6)26-34(42(36)50)30-46-40-21-15-12-16-22-40;;;1-5(2,3)4/h2*11-16,19-22,25-30,49-50H,9-10,17-18,23-24,31-32H2,1-8H3;;;(H2,1,2,3,4)/q;;2*+1;/p+4. The molecule has 8 aromatic carbocycles. The number of aliphatic imine (C=N–C) groups is 4. The van der Waals surface area contributed by atoms with E-state index >= 15 is 0 Å². The third-order valence-electron chi connectivity index (χ3n) is 18.7. The van der Waals surface area contributed by atoms with Crippen LogP contribution in [0.2, 0.25) is 0 Å². The Balaban J connectivity index is 0.000000418. The molecule has 0 saturated carbocycles. The van der Waals surface area contributed by atoms with E-state index in [-0.39, 0.29) is 55.8 Å². The molecule has 19 heteroatoms. The van der Waals surface area contributed by atoms with Gasteiger partial charge >= 0.3 is 44.5 Å². The van der Waals surface area contributed by atoms with Crippen molar-refractivity contribution in [1.29, 1.82) is 0 Å². The summed E-state index contributed by atoms with van der Waals surface area (Å²) >= 11 is 0. The van der Waals surface area contributed by atoms with Crippen LogP contribution < -0.4 is 19.6 Å². The number of hydrogen-bond acceptors (Lipinski definition) is 10. The molecule has 0 bridgehead atoms. The van der Waals surface area contributed by atoms with E-state index in [1.165, 1.54) is 67.5 Å². The number of nitrogens with one attached hydrogen (secondary N) is 4. The summed E-state index contributed by atoms with van der Waals surface area (Å²) in [5, 5.41) is 44.9. The van der Waals surface area contributed by atoms with E-state index in [1.54, 1.807) is 24.9 Å². The fourth-order valence-electron chi connectivity index (χ4n) is 12.2. The first-order valence-corrected chi connectivity index (χ1v) is 38.6. The van der Waals surface area contributed by atoms with Crippen LogP contribution in [0.4, 0.5) is 22.7 Å². The maximum atomic E-state index is 11.2. The van der Waals surface area contributed by atoms with E-state index < -0.39 is 10.4 Å². The van der Waals surface area contributed by atoms with Gasteiger partial charge in [-0.1, -0.05) is 156 Å². The first-order chi connectivity index (χ1) is 49.4. The van der Waals surface area contributed by atoms with Crippen molar-refractivity contribution in [2.24, 2.45) is 20.0 Å². The molecule has 584 valence electrons. The third kappa shape index (κ3) is 33.0. The van der Waals surface area contributed by atoms with Gasteiger partial charge in [0.15, 0.2) is 0 Å². The van der Waals surface area contributed by atoms with Gasteiger partial charge in [0.1, 0.15) is 49.2 Å². The van der Waals surface area contributed by atoms with Crippen molar-refractivity contribution in [3.8, 4) is 23.0 Å². The zero-order valence-corrected chi connectivity index (χ0v) is 68.8. The maximum absolute atomic E-state index is 11.2. The van der Waals surface area contributed by atoms with Gasteiger partial charge in [0.05, 0.1) is 77.1 Å². The second kappa shape index (κ2) is 43.5. The predicted octanol–water partition coefficient (Wildman–Crippen LogP) is 14.3. The molecule has 0 aromatic heterocycles. The average Bonchev–Trinajstić information content (AvgIpc) is 0.826. The minimum absolute atomic E-state index is 0. The van der Waals surface area contributed by atoms with E-state index in [1.807, 2.05) is 121 Å². The summed E-state index contributed by atoms with van der Waals surface area (Å²) in [6.45, 7) is 33.8. The molecule has 0 amide bonds. The molecule has 0 spiro atoms. The van der Waals surface area contributed by atoms with E-state index in [9.17, 15) is 20.4 Å². The number of aromatic hydroxyl groups is 4. The Morgan fingerprint density at radius 1 is 0.308 bits per heavy atom. The summed E-state index contributed by atoms with van der Waals surface area (Å²) in [6.07, 6.45) is 16.5. The van der Waals surface area contributed by atoms with Gasteiger partial charge in [-0.15, -0.1) is 0 Å². The SMILES string of the molecule is C[NH+](CCCCCC[NH+](C)Cc1cc(C(C)(C)C)cc(C=Nc2ccccc2)c1O)Cc1cc(C(C)(C)C)cc(C=Nc2ccccc2)c1O.C[NH+](CCCCCC[NH+](C)Cc1cc(C(C)(C)C)cc(C=Nc2ccccc2)c1O)Cc1cc(C(C)(C)C)cc(C=Nc2ccccc2)c1O.O=S(=O)(O)O.[Cu+].[Cu+]. The fourth-order valence-corrected chi connectivity index (χ4v) is 12.2. The van der Waals surface area contributed by atoms with Gasteiger partial charge in [-0.25, -0.2) is 0 Å². The topological polar surface area (TPSA) is 223 Å². The molecule has 8 rings (SSSR count). The van der Waals surface area contributed by atoms with Gasteiger partial charge in [0, 0.05) is 69.4 Å². The zero-order chi connectivity index (χ0) is 77.1. The van der Waals surface area contributed by atoms with Gasteiger partial charge in [0.2, 0.25) is 0 Å².